The number of pyridine rings is 1. The van der Waals surface area contributed by atoms with Gasteiger partial charge >= 0.3 is 0 Å². The first-order valence-corrected chi connectivity index (χ1v) is 8.74. The largest absolute Gasteiger partial charge is 0.379 e. The summed E-state index contributed by atoms with van der Waals surface area (Å²) in [5, 5.41) is 6.44. The van der Waals surface area contributed by atoms with Crippen molar-refractivity contribution in [3.63, 3.8) is 0 Å². The first-order valence-electron chi connectivity index (χ1n) is 8.74. The van der Waals surface area contributed by atoms with Gasteiger partial charge in [0.05, 0.1) is 23.0 Å². The molecule has 2 N–H and O–H groups in total. The van der Waals surface area contributed by atoms with E-state index in [1.54, 1.807) is 6.20 Å². The number of aromatic nitrogens is 1. The molecule has 0 bridgehead atoms. The van der Waals surface area contributed by atoms with Gasteiger partial charge in [0.15, 0.2) is 0 Å². The number of anilines is 2. The van der Waals surface area contributed by atoms with Gasteiger partial charge in [-0.15, -0.1) is 0 Å². The van der Waals surface area contributed by atoms with Crippen LogP contribution in [0.15, 0.2) is 72.9 Å². The molecule has 0 unspecified atom stereocenters. The number of nitrogens with zero attached hydrogens (tertiary/aromatic N) is 1. The fraction of sp³-hybridized carbons (Fsp3) is 0.182. The van der Waals surface area contributed by atoms with Crippen LogP contribution < -0.4 is 10.6 Å². The van der Waals surface area contributed by atoms with Crippen molar-refractivity contribution in [2.75, 3.05) is 10.6 Å². The van der Waals surface area contributed by atoms with E-state index >= 15 is 0 Å². The predicted octanol–water partition coefficient (Wildman–Crippen LogP) is 4.74. The Balaban J connectivity index is 1.71. The van der Waals surface area contributed by atoms with Gasteiger partial charge in [-0.1, -0.05) is 42.5 Å². The summed E-state index contributed by atoms with van der Waals surface area (Å²) in [7, 11) is 0. The lowest BCUT2D eigenvalue weighted by molar-refractivity contribution is -0.117. The Morgan fingerprint density at radius 3 is 2.38 bits per heavy atom. The second kappa shape index (κ2) is 8.30. The summed E-state index contributed by atoms with van der Waals surface area (Å²) in [5.74, 6) is -0.394. The highest BCUT2D eigenvalue weighted by Crippen LogP contribution is 2.24. The minimum Gasteiger partial charge on any atom is -0.379 e. The third kappa shape index (κ3) is 4.28. The Kier molecular flexibility index (Phi) is 5.64. The SMILES string of the molecule is Cc1ccccc1CNc1ccccc1NC(=O)[C@H](C)c1ccccn1. The van der Waals surface area contributed by atoms with Gasteiger partial charge in [0, 0.05) is 12.7 Å². The molecule has 0 saturated heterocycles. The van der Waals surface area contributed by atoms with Crippen LogP contribution >= 0.6 is 0 Å². The fourth-order valence-corrected chi connectivity index (χ4v) is 2.75. The van der Waals surface area contributed by atoms with Crippen LogP contribution in [0.1, 0.15) is 29.7 Å². The van der Waals surface area contributed by atoms with Gasteiger partial charge in [0.25, 0.3) is 0 Å². The molecule has 26 heavy (non-hydrogen) atoms. The minimum atomic E-state index is -0.319. The zero-order chi connectivity index (χ0) is 18.4. The Morgan fingerprint density at radius 2 is 1.65 bits per heavy atom. The summed E-state index contributed by atoms with van der Waals surface area (Å²) in [6.45, 7) is 4.66. The molecule has 0 aliphatic rings. The Morgan fingerprint density at radius 1 is 0.962 bits per heavy atom. The van der Waals surface area contributed by atoms with E-state index in [0.29, 0.717) is 6.54 Å². The van der Waals surface area contributed by atoms with Crippen molar-refractivity contribution in [3.8, 4) is 0 Å². The van der Waals surface area contributed by atoms with Crippen LogP contribution in [0.4, 0.5) is 11.4 Å². The molecule has 4 heteroatoms. The van der Waals surface area contributed by atoms with Crippen LogP contribution in [0.2, 0.25) is 0 Å². The summed E-state index contributed by atoms with van der Waals surface area (Å²) in [6.07, 6.45) is 1.71. The van der Waals surface area contributed by atoms with Gasteiger partial charge in [-0.2, -0.15) is 0 Å². The third-order valence-electron chi connectivity index (χ3n) is 4.44. The molecule has 3 aromatic rings. The van der Waals surface area contributed by atoms with Crippen LogP contribution in [-0.2, 0) is 11.3 Å². The number of rotatable bonds is 6. The van der Waals surface area contributed by atoms with E-state index in [0.717, 1.165) is 17.1 Å². The molecule has 0 aliphatic heterocycles. The molecule has 0 fully saturated rings. The number of nitrogens with one attached hydrogen (secondary N) is 2. The first-order chi connectivity index (χ1) is 12.6. The van der Waals surface area contributed by atoms with Crippen molar-refractivity contribution in [1.82, 2.24) is 4.98 Å². The van der Waals surface area contributed by atoms with Crippen LogP contribution in [0, 0.1) is 6.92 Å². The maximum Gasteiger partial charge on any atom is 0.233 e. The topological polar surface area (TPSA) is 54.0 Å². The quantitative estimate of drug-likeness (QED) is 0.678. The molecule has 0 aliphatic carbocycles. The fourth-order valence-electron chi connectivity index (χ4n) is 2.75. The Bertz CT molecular complexity index is 877. The van der Waals surface area contributed by atoms with Crippen LogP contribution in [0.3, 0.4) is 0 Å². The van der Waals surface area contributed by atoms with Crippen molar-refractivity contribution in [2.24, 2.45) is 0 Å². The molecule has 4 nitrogen and oxygen atoms in total. The van der Waals surface area contributed by atoms with Crippen molar-refractivity contribution in [1.29, 1.82) is 0 Å². The van der Waals surface area contributed by atoms with E-state index in [-0.39, 0.29) is 11.8 Å². The number of benzene rings is 2. The lowest BCUT2D eigenvalue weighted by Crippen LogP contribution is -2.20. The zero-order valence-corrected chi connectivity index (χ0v) is 15.1. The Labute approximate surface area is 154 Å². The average Bonchev–Trinajstić information content (AvgIpc) is 2.68. The molecular weight excluding hydrogens is 322 g/mol. The lowest BCUT2D eigenvalue weighted by Gasteiger charge is -2.16. The molecule has 1 atom stereocenters. The van der Waals surface area contributed by atoms with Crippen molar-refractivity contribution < 1.29 is 4.79 Å². The second-order valence-corrected chi connectivity index (χ2v) is 6.29. The molecule has 1 amide bonds. The summed E-state index contributed by atoms with van der Waals surface area (Å²) in [5.41, 5.74) is 4.90. The third-order valence-corrected chi connectivity index (χ3v) is 4.44. The van der Waals surface area contributed by atoms with Gasteiger partial charge in [0.2, 0.25) is 5.91 Å². The van der Waals surface area contributed by atoms with Gasteiger partial charge in [0.1, 0.15) is 0 Å². The van der Waals surface area contributed by atoms with Gasteiger partial charge in [-0.3, -0.25) is 9.78 Å². The first kappa shape index (κ1) is 17.7. The molecule has 132 valence electrons. The lowest BCUT2D eigenvalue weighted by atomic mass is 10.1. The second-order valence-electron chi connectivity index (χ2n) is 6.29. The van der Waals surface area contributed by atoms with Gasteiger partial charge in [-0.05, 0) is 49.2 Å². The summed E-state index contributed by atoms with van der Waals surface area (Å²) < 4.78 is 0. The molecule has 0 spiro atoms. The molecule has 2 aromatic carbocycles. The molecule has 1 aromatic heterocycles. The van der Waals surface area contributed by atoms with Crippen LogP contribution in [0.25, 0.3) is 0 Å². The number of hydrogen-bond acceptors (Lipinski definition) is 3. The molecule has 0 saturated carbocycles. The van der Waals surface area contributed by atoms with E-state index in [1.807, 2.05) is 61.5 Å². The maximum atomic E-state index is 12.6. The highest BCUT2D eigenvalue weighted by atomic mass is 16.1. The number of carbonyl (C=O) groups excluding carboxylic acids is 1. The van der Waals surface area contributed by atoms with E-state index in [4.69, 9.17) is 0 Å². The molecule has 1 heterocycles. The Hall–Kier alpha value is -3.14. The zero-order valence-electron chi connectivity index (χ0n) is 15.1. The standard InChI is InChI=1S/C22H23N3O/c1-16-9-3-4-10-18(16)15-24-20-12-5-6-13-21(20)25-22(26)17(2)19-11-7-8-14-23-19/h3-14,17,24H,15H2,1-2H3,(H,25,26)/t17-/m1/s1. The van der Waals surface area contributed by atoms with Gasteiger partial charge < -0.3 is 10.6 Å². The summed E-state index contributed by atoms with van der Waals surface area (Å²) >= 11 is 0. The van der Waals surface area contributed by atoms with Crippen LogP contribution in [0.5, 0.6) is 0 Å². The van der Waals surface area contributed by atoms with E-state index < -0.39 is 0 Å². The monoisotopic (exact) mass is 345 g/mol. The highest BCUT2D eigenvalue weighted by molar-refractivity contribution is 5.97. The molecule has 0 radical (unpaired) electrons. The smallest absolute Gasteiger partial charge is 0.233 e. The number of amides is 1. The van der Waals surface area contributed by atoms with Gasteiger partial charge in [-0.25, -0.2) is 0 Å². The van der Waals surface area contributed by atoms with Crippen molar-refractivity contribution in [3.05, 3.63) is 89.7 Å². The number of carbonyl (C=O) groups is 1. The van der Waals surface area contributed by atoms with Crippen molar-refractivity contribution >= 4 is 17.3 Å². The van der Waals surface area contributed by atoms with E-state index in [2.05, 4.69) is 34.7 Å². The van der Waals surface area contributed by atoms with E-state index in [1.165, 1.54) is 11.1 Å². The number of hydrogen-bond donors (Lipinski definition) is 2. The predicted molar refractivity (Wildman–Crippen MR) is 106 cm³/mol. The summed E-state index contributed by atoms with van der Waals surface area (Å²) in [6, 6.07) is 21.6. The average molecular weight is 345 g/mol. The summed E-state index contributed by atoms with van der Waals surface area (Å²) in [4.78, 5) is 16.9. The van der Waals surface area contributed by atoms with E-state index in [9.17, 15) is 4.79 Å². The number of aryl methyl sites for hydroxylation is 1. The maximum absolute atomic E-state index is 12.6. The van der Waals surface area contributed by atoms with Crippen molar-refractivity contribution in [2.45, 2.75) is 26.3 Å². The van der Waals surface area contributed by atoms with Crippen LogP contribution in [-0.4, -0.2) is 10.9 Å². The highest BCUT2D eigenvalue weighted by Gasteiger charge is 2.17. The minimum absolute atomic E-state index is 0.0751. The molecular formula is C22H23N3O. The number of para-hydroxylation sites is 2. The molecule has 3 rings (SSSR count). The normalized spacial score (nSPS) is 11.6.